The van der Waals surface area contributed by atoms with Crippen LogP contribution >= 0.6 is 0 Å². The van der Waals surface area contributed by atoms with E-state index in [2.05, 4.69) is 26.1 Å². The van der Waals surface area contributed by atoms with Crippen molar-refractivity contribution < 1.29 is 9.90 Å². The van der Waals surface area contributed by atoms with Gasteiger partial charge in [-0.2, -0.15) is 0 Å². The average Bonchev–Trinajstić information content (AvgIpc) is 2.31. The molecule has 0 saturated carbocycles. The van der Waals surface area contributed by atoms with Gasteiger partial charge in [-0.3, -0.25) is 4.79 Å². The smallest absolute Gasteiger partial charge is 0.228 e. The molecule has 20 heavy (non-hydrogen) atoms. The molecule has 1 aromatic carbocycles. The van der Waals surface area contributed by atoms with Gasteiger partial charge in [0.25, 0.3) is 0 Å². The standard InChI is InChI=1S/C16H26N2O2/c1-10-7-14(19)11(2)6-13(10)18-15(20)12(9-17)8-16(3,4)5/h6-7,12,19H,8-9,17H2,1-5H3,(H,18,20). The summed E-state index contributed by atoms with van der Waals surface area (Å²) in [7, 11) is 0. The summed E-state index contributed by atoms with van der Waals surface area (Å²) in [6.07, 6.45) is 0.742. The lowest BCUT2D eigenvalue weighted by molar-refractivity contribution is -0.120. The molecule has 4 nitrogen and oxygen atoms in total. The first-order valence-corrected chi connectivity index (χ1v) is 6.95. The molecule has 0 aliphatic carbocycles. The van der Waals surface area contributed by atoms with Crippen molar-refractivity contribution in [2.24, 2.45) is 17.1 Å². The predicted molar refractivity (Wildman–Crippen MR) is 82.8 cm³/mol. The fraction of sp³-hybridized carbons (Fsp3) is 0.562. The number of hydrogen-bond donors (Lipinski definition) is 3. The van der Waals surface area contributed by atoms with Crippen molar-refractivity contribution in [1.82, 2.24) is 0 Å². The van der Waals surface area contributed by atoms with E-state index >= 15 is 0 Å². The van der Waals surface area contributed by atoms with Crippen molar-refractivity contribution in [2.45, 2.75) is 41.0 Å². The molecule has 0 saturated heterocycles. The summed E-state index contributed by atoms with van der Waals surface area (Å²) < 4.78 is 0. The van der Waals surface area contributed by atoms with Gasteiger partial charge in [0.15, 0.2) is 0 Å². The van der Waals surface area contributed by atoms with Crippen molar-refractivity contribution >= 4 is 11.6 Å². The van der Waals surface area contributed by atoms with Gasteiger partial charge < -0.3 is 16.2 Å². The maximum absolute atomic E-state index is 12.3. The molecule has 0 aromatic heterocycles. The maximum Gasteiger partial charge on any atom is 0.228 e. The van der Waals surface area contributed by atoms with E-state index in [1.165, 1.54) is 0 Å². The van der Waals surface area contributed by atoms with Gasteiger partial charge in [0.2, 0.25) is 5.91 Å². The Bertz CT molecular complexity index is 490. The largest absolute Gasteiger partial charge is 0.508 e. The molecule has 1 atom stereocenters. The minimum atomic E-state index is -0.205. The highest BCUT2D eigenvalue weighted by molar-refractivity contribution is 5.93. The number of nitrogens with two attached hydrogens (primary N) is 1. The fourth-order valence-corrected chi connectivity index (χ4v) is 2.19. The lowest BCUT2D eigenvalue weighted by Crippen LogP contribution is -2.32. The van der Waals surface area contributed by atoms with Crippen molar-refractivity contribution in [2.75, 3.05) is 11.9 Å². The first-order chi connectivity index (χ1) is 9.14. The molecular weight excluding hydrogens is 252 g/mol. The van der Waals surface area contributed by atoms with Crippen LogP contribution in [0, 0.1) is 25.2 Å². The summed E-state index contributed by atoms with van der Waals surface area (Å²) in [5.41, 5.74) is 8.10. The normalized spacial score (nSPS) is 13.1. The van der Waals surface area contributed by atoms with E-state index < -0.39 is 0 Å². The Hall–Kier alpha value is -1.55. The van der Waals surface area contributed by atoms with Crippen LogP contribution in [0.15, 0.2) is 12.1 Å². The third kappa shape index (κ3) is 4.53. The Balaban J connectivity index is 2.86. The van der Waals surface area contributed by atoms with Crippen LogP contribution < -0.4 is 11.1 Å². The number of nitrogens with one attached hydrogen (secondary N) is 1. The van der Waals surface area contributed by atoms with Crippen LogP contribution in [0.1, 0.15) is 38.3 Å². The van der Waals surface area contributed by atoms with Gasteiger partial charge in [-0.15, -0.1) is 0 Å². The zero-order valence-electron chi connectivity index (χ0n) is 13.1. The van der Waals surface area contributed by atoms with Crippen LogP contribution in [0.25, 0.3) is 0 Å². The summed E-state index contributed by atoms with van der Waals surface area (Å²) >= 11 is 0. The summed E-state index contributed by atoms with van der Waals surface area (Å²) in [6, 6.07) is 3.44. The Morgan fingerprint density at radius 1 is 1.30 bits per heavy atom. The van der Waals surface area contributed by atoms with E-state index in [1.54, 1.807) is 19.1 Å². The van der Waals surface area contributed by atoms with Gasteiger partial charge >= 0.3 is 0 Å². The van der Waals surface area contributed by atoms with Crippen LogP contribution in [0.2, 0.25) is 0 Å². The second kappa shape index (κ2) is 6.27. The highest BCUT2D eigenvalue weighted by atomic mass is 16.3. The van der Waals surface area contributed by atoms with E-state index in [-0.39, 0.29) is 23.0 Å². The van der Waals surface area contributed by atoms with E-state index in [0.29, 0.717) is 6.54 Å². The van der Waals surface area contributed by atoms with Crippen molar-refractivity contribution in [1.29, 1.82) is 0 Å². The average molecular weight is 278 g/mol. The van der Waals surface area contributed by atoms with Gasteiger partial charge in [-0.05, 0) is 48.9 Å². The van der Waals surface area contributed by atoms with E-state index in [9.17, 15) is 9.90 Å². The Kier molecular flexibility index (Phi) is 5.17. The summed E-state index contributed by atoms with van der Waals surface area (Å²) in [6.45, 7) is 10.3. The minimum Gasteiger partial charge on any atom is -0.508 e. The molecule has 112 valence electrons. The molecule has 4 N–H and O–H groups in total. The number of rotatable bonds is 4. The van der Waals surface area contributed by atoms with Crippen LogP contribution in [-0.4, -0.2) is 17.6 Å². The number of phenols is 1. The highest BCUT2D eigenvalue weighted by Crippen LogP contribution is 2.27. The lowest BCUT2D eigenvalue weighted by Gasteiger charge is -2.24. The van der Waals surface area contributed by atoms with Crippen molar-refractivity contribution in [3.8, 4) is 5.75 Å². The molecule has 1 aromatic rings. The SMILES string of the molecule is Cc1cc(NC(=O)C(CN)CC(C)(C)C)c(C)cc1O. The number of aryl methyl sites for hydroxylation is 2. The summed E-state index contributed by atoms with van der Waals surface area (Å²) in [4.78, 5) is 12.3. The molecule has 0 heterocycles. The summed E-state index contributed by atoms with van der Waals surface area (Å²) in [5, 5.41) is 12.6. The molecule has 1 amide bonds. The predicted octanol–water partition coefficient (Wildman–Crippen LogP) is 2.96. The Morgan fingerprint density at radius 2 is 1.90 bits per heavy atom. The first kappa shape index (κ1) is 16.5. The number of hydrogen-bond acceptors (Lipinski definition) is 3. The van der Waals surface area contributed by atoms with Crippen LogP contribution in [0.5, 0.6) is 5.75 Å². The van der Waals surface area contributed by atoms with E-state index in [0.717, 1.165) is 23.2 Å². The number of phenolic OH excluding ortho intramolecular Hbond substituents is 1. The zero-order chi connectivity index (χ0) is 15.5. The Morgan fingerprint density at radius 3 is 2.40 bits per heavy atom. The van der Waals surface area contributed by atoms with Crippen LogP contribution in [0.3, 0.4) is 0 Å². The molecule has 4 heteroatoms. The second-order valence-electron chi connectivity index (χ2n) is 6.64. The van der Waals surface area contributed by atoms with Crippen LogP contribution in [0.4, 0.5) is 5.69 Å². The number of anilines is 1. The van der Waals surface area contributed by atoms with Gasteiger partial charge in [-0.25, -0.2) is 0 Å². The monoisotopic (exact) mass is 278 g/mol. The lowest BCUT2D eigenvalue weighted by atomic mass is 9.84. The van der Waals surface area contributed by atoms with Gasteiger partial charge in [0.1, 0.15) is 5.75 Å². The number of benzene rings is 1. The van der Waals surface area contributed by atoms with Gasteiger partial charge in [0.05, 0.1) is 5.92 Å². The number of carbonyl (C=O) groups is 1. The molecule has 1 rings (SSSR count). The molecule has 0 radical (unpaired) electrons. The summed E-state index contributed by atoms with van der Waals surface area (Å²) in [5.74, 6) is -0.0234. The fourth-order valence-electron chi connectivity index (χ4n) is 2.19. The highest BCUT2D eigenvalue weighted by Gasteiger charge is 2.24. The molecule has 0 aliphatic heterocycles. The quantitative estimate of drug-likeness (QED) is 0.741. The molecular formula is C16H26N2O2. The molecule has 0 fully saturated rings. The van der Waals surface area contributed by atoms with Crippen molar-refractivity contribution in [3.05, 3.63) is 23.3 Å². The third-order valence-electron chi connectivity index (χ3n) is 3.31. The van der Waals surface area contributed by atoms with Gasteiger partial charge in [-0.1, -0.05) is 20.8 Å². The molecule has 0 spiro atoms. The molecule has 0 aliphatic rings. The minimum absolute atomic E-state index is 0.0568. The second-order valence-corrected chi connectivity index (χ2v) is 6.64. The molecule has 1 unspecified atom stereocenters. The Labute approximate surface area is 121 Å². The van der Waals surface area contributed by atoms with Crippen LogP contribution in [-0.2, 0) is 4.79 Å². The number of aromatic hydroxyl groups is 1. The number of carbonyl (C=O) groups excluding carboxylic acids is 1. The first-order valence-electron chi connectivity index (χ1n) is 6.95. The third-order valence-corrected chi connectivity index (χ3v) is 3.31. The van der Waals surface area contributed by atoms with Crippen molar-refractivity contribution in [3.63, 3.8) is 0 Å². The van der Waals surface area contributed by atoms with Gasteiger partial charge in [0, 0.05) is 12.2 Å². The topological polar surface area (TPSA) is 75.4 Å². The zero-order valence-corrected chi connectivity index (χ0v) is 13.1. The van der Waals surface area contributed by atoms with E-state index in [1.807, 2.05) is 6.92 Å². The van der Waals surface area contributed by atoms with E-state index in [4.69, 9.17) is 5.73 Å². The number of amides is 1. The molecule has 0 bridgehead atoms. The maximum atomic E-state index is 12.3.